The number of carbonyl (C=O) groups is 1. The van der Waals surface area contributed by atoms with Crippen LogP contribution in [0.25, 0.3) is 0 Å². The summed E-state index contributed by atoms with van der Waals surface area (Å²) in [6.45, 7) is 7.35. The second kappa shape index (κ2) is 6.27. The molecule has 2 heterocycles. The van der Waals surface area contributed by atoms with Crippen molar-refractivity contribution in [1.82, 2.24) is 4.90 Å². The van der Waals surface area contributed by atoms with Gasteiger partial charge in [-0.15, -0.1) is 0 Å². The average molecular weight is 365 g/mol. The fourth-order valence-corrected chi connectivity index (χ4v) is 4.73. The largest absolute Gasteiger partial charge is 0.417 e. The van der Waals surface area contributed by atoms with Gasteiger partial charge in [0, 0.05) is 30.4 Å². The van der Waals surface area contributed by atoms with Crippen LogP contribution in [-0.2, 0) is 5.41 Å². The number of aryl methyl sites for hydroxylation is 2. The number of likely N-dealkylation sites (tertiary alicyclic amines) is 1. The van der Waals surface area contributed by atoms with Gasteiger partial charge in [-0.1, -0.05) is 19.1 Å². The van der Waals surface area contributed by atoms with Gasteiger partial charge < -0.3 is 9.64 Å². The third kappa shape index (κ3) is 2.86. The Bertz CT molecular complexity index is 910. The molecule has 0 radical (unpaired) electrons. The van der Waals surface area contributed by atoms with Crippen molar-refractivity contribution in [1.29, 1.82) is 0 Å². The number of anilines is 2. The summed E-state index contributed by atoms with van der Waals surface area (Å²) in [4.78, 5) is 17.1. The Morgan fingerprint density at radius 1 is 1.19 bits per heavy atom. The quantitative estimate of drug-likeness (QED) is 0.863. The lowest BCUT2D eigenvalue weighted by molar-refractivity contribution is 0.215. The van der Waals surface area contributed by atoms with Crippen molar-refractivity contribution in [2.45, 2.75) is 38.8 Å². The van der Waals surface area contributed by atoms with Crippen LogP contribution in [0.2, 0.25) is 0 Å². The summed E-state index contributed by atoms with van der Waals surface area (Å²) in [5.74, 6) is 0.585. The summed E-state index contributed by atoms with van der Waals surface area (Å²) in [6, 6.07) is 11.9. The predicted molar refractivity (Wildman–Crippen MR) is 109 cm³/mol. The Morgan fingerprint density at radius 3 is 2.74 bits per heavy atom. The monoisotopic (exact) mass is 365 g/mol. The second-order valence-electron chi connectivity index (χ2n) is 8.14. The minimum atomic E-state index is -0.458. The van der Waals surface area contributed by atoms with E-state index in [1.165, 1.54) is 11.3 Å². The molecule has 0 saturated carbocycles. The predicted octanol–water partition coefficient (Wildman–Crippen LogP) is 4.28. The van der Waals surface area contributed by atoms with Crippen LogP contribution in [0.1, 0.15) is 30.0 Å². The van der Waals surface area contributed by atoms with Crippen molar-refractivity contribution >= 4 is 17.5 Å². The molecule has 1 unspecified atom stereocenters. The minimum absolute atomic E-state index is 0.0574. The number of benzene rings is 2. The van der Waals surface area contributed by atoms with E-state index in [0.29, 0.717) is 11.9 Å². The summed E-state index contributed by atoms with van der Waals surface area (Å²) in [5, 5.41) is 2.86. The third-order valence-corrected chi connectivity index (χ3v) is 6.14. The van der Waals surface area contributed by atoms with Gasteiger partial charge in [0.05, 0.1) is 6.17 Å². The zero-order valence-corrected chi connectivity index (χ0v) is 16.7. The molecule has 0 aliphatic carbocycles. The highest BCUT2D eigenvalue weighted by atomic mass is 16.6. The van der Waals surface area contributed by atoms with Crippen LogP contribution in [0.3, 0.4) is 0 Å². The van der Waals surface area contributed by atoms with Crippen LogP contribution in [0, 0.1) is 13.8 Å². The van der Waals surface area contributed by atoms with Crippen molar-refractivity contribution in [3.05, 3.63) is 53.1 Å². The van der Waals surface area contributed by atoms with Gasteiger partial charge in [0.25, 0.3) is 0 Å². The Labute approximate surface area is 160 Å². The second-order valence-corrected chi connectivity index (χ2v) is 8.14. The number of nitrogens with one attached hydrogen (secondary N) is 1. The summed E-state index contributed by atoms with van der Waals surface area (Å²) >= 11 is 0. The molecule has 2 aromatic carbocycles. The number of nitrogens with zero attached hydrogens (tertiary/aromatic N) is 2. The number of carbonyl (C=O) groups excluding carboxylic acids is 1. The number of fused-ring (bicyclic) bond motifs is 3. The molecule has 1 fully saturated rings. The Balaban J connectivity index is 1.56. The van der Waals surface area contributed by atoms with E-state index >= 15 is 0 Å². The first-order chi connectivity index (χ1) is 12.8. The van der Waals surface area contributed by atoms with E-state index in [9.17, 15) is 4.79 Å². The van der Waals surface area contributed by atoms with Gasteiger partial charge in [-0.2, -0.15) is 0 Å². The molecule has 27 heavy (non-hydrogen) atoms. The molecular formula is C22H27N3O2. The Morgan fingerprint density at radius 2 is 1.96 bits per heavy atom. The summed E-state index contributed by atoms with van der Waals surface area (Å²) in [5.41, 5.74) is 5.43. The maximum Gasteiger partial charge on any atom is 0.417 e. The first kappa shape index (κ1) is 17.9. The van der Waals surface area contributed by atoms with Crippen LogP contribution in [0.4, 0.5) is 16.2 Å². The lowest BCUT2D eigenvalue weighted by Gasteiger charge is -2.32. The van der Waals surface area contributed by atoms with Gasteiger partial charge in [-0.05, 0) is 68.3 Å². The molecule has 2 aromatic rings. The third-order valence-electron chi connectivity index (χ3n) is 6.14. The molecule has 5 heteroatoms. The van der Waals surface area contributed by atoms with Gasteiger partial charge >= 0.3 is 6.09 Å². The average Bonchev–Trinajstić information content (AvgIpc) is 3.04. The van der Waals surface area contributed by atoms with E-state index in [1.54, 1.807) is 0 Å². The first-order valence-corrected chi connectivity index (χ1v) is 9.43. The van der Waals surface area contributed by atoms with Gasteiger partial charge in [0.15, 0.2) is 0 Å². The molecule has 1 N–H and O–H groups in total. The molecule has 0 spiro atoms. The molecule has 0 aromatic heterocycles. The fraction of sp³-hybridized carbons (Fsp3) is 0.409. The van der Waals surface area contributed by atoms with Crippen LogP contribution in [-0.4, -0.2) is 37.8 Å². The minimum Gasteiger partial charge on any atom is -0.410 e. The van der Waals surface area contributed by atoms with Crippen LogP contribution in [0.5, 0.6) is 5.75 Å². The van der Waals surface area contributed by atoms with Crippen molar-refractivity contribution in [3.8, 4) is 5.75 Å². The van der Waals surface area contributed by atoms with Crippen LogP contribution < -0.4 is 15.0 Å². The normalized spacial score (nSPS) is 23.9. The van der Waals surface area contributed by atoms with Crippen molar-refractivity contribution in [2.75, 3.05) is 30.9 Å². The fourth-order valence-electron chi connectivity index (χ4n) is 4.73. The zero-order chi connectivity index (χ0) is 19.3. The van der Waals surface area contributed by atoms with Gasteiger partial charge in [-0.3, -0.25) is 10.2 Å². The van der Waals surface area contributed by atoms with E-state index in [0.717, 1.165) is 29.8 Å². The van der Waals surface area contributed by atoms with Crippen molar-refractivity contribution < 1.29 is 9.53 Å². The van der Waals surface area contributed by atoms with Crippen LogP contribution >= 0.6 is 0 Å². The highest BCUT2D eigenvalue weighted by Crippen LogP contribution is 2.51. The molecule has 2 aliphatic rings. The molecule has 4 rings (SSSR count). The molecule has 2 atom stereocenters. The number of ether oxygens (including phenoxy) is 1. The topological polar surface area (TPSA) is 44.8 Å². The van der Waals surface area contributed by atoms with Crippen LogP contribution in [0.15, 0.2) is 36.4 Å². The molecule has 0 bridgehead atoms. The smallest absolute Gasteiger partial charge is 0.410 e. The maximum absolute atomic E-state index is 12.4. The number of likely N-dealkylation sites (N-methyl/N-ethyl adjacent to an activating group) is 2. The Hall–Kier alpha value is -2.53. The number of hydrogen-bond donors (Lipinski definition) is 1. The van der Waals surface area contributed by atoms with Crippen molar-refractivity contribution in [3.63, 3.8) is 0 Å². The SMILES string of the molecule is Cc1ccc(C)c(NC(=O)Oc2ccc3c(c2)[C@]2(C)CCN(C)C2N3C)c1. The van der Waals surface area contributed by atoms with Gasteiger partial charge in [-0.25, -0.2) is 4.79 Å². The highest BCUT2D eigenvalue weighted by molar-refractivity contribution is 5.87. The summed E-state index contributed by atoms with van der Waals surface area (Å²) in [6.07, 6.45) is 0.996. The summed E-state index contributed by atoms with van der Waals surface area (Å²) < 4.78 is 5.61. The van der Waals surface area contributed by atoms with E-state index in [4.69, 9.17) is 4.74 Å². The molecule has 5 nitrogen and oxygen atoms in total. The number of amides is 1. The maximum atomic E-state index is 12.4. The van der Waals surface area contributed by atoms with E-state index in [-0.39, 0.29) is 5.41 Å². The standard InChI is InChI=1S/C22H27N3O2/c1-14-6-7-15(2)18(12-14)23-21(26)27-16-8-9-19-17(13-16)22(3)10-11-24(4)20(22)25(19)5/h6-9,12-13,20H,10-11H2,1-5H3,(H,23,26)/t20?,22-/m0/s1. The number of rotatable bonds is 2. The summed E-state index contributed by atoms with van der Waals surface area (Å²) in [7, 11) is 4.32. The van der Waals surface area contributed by atoms with E-state index < -0.39 is 6.09 Å². The Kier molecular flexibility index (Phi) is 4.15. The van der Waals surface area contributed by atoms with Crippen molar-refractivity contribution in [2.24, 2.45) is 0 Å². The lowest BCUT2D eigenvalue weighted by Crippen LogP contribution is -2.45. The highest BCUT2D eigenvalue weighted by Gasteiger charge is 2.52. The molecule has 2 aliphatic heterocycles. The zero-order valence-electron chi connectivity index (χ0n) is 16.7. The van der Waals surface area contributed by atoms with Gasteiger partial charge in [0.1, 0.15) is 5.75 Å². The number of hydrogen-bond acceptors (Lipinski definition) is 4. The molecule has 1 saturated heterocycles. The van der Waals surface area contributed by atoms with E-state index in [1.807, 2.05) is 44.2 Å². The lowest BCUT2D eigenvalue weighted by atomic mass is 9.81. The van der Waals surface area contributed by atoms with E-state index in [2.05, 4.69) is 42.2 Å². The molecule has 1 amide bonds. The van der Waals surface area contributed by atoms with Gasteiger partial charge in [0.2, 0.25) is 0 Å². The molecule has 142 valence electrons. The first-order valence-electron chi connectivity index (χ1n) is 9.43. The molecular weight excluding hydrogens is 338 g/mol.